The molecule has 25 heavy (non-hydrogen) atoms. The van der Waals surface area contributed by atoms with Crippen molar-refractivity contribution in [1.82, 2.24) is 14.5 Å². The molecule has 0 saturated carbocycles. The summed E-state index contributed by atoms with van der Waals surface area (Å²) in [7, 11) is 0. The SMILES string of the molecule is CC(C)c1nccn1CC1CCN(C(=O)COc2ccccc2)CC1. The molecule has 1 aliphatic heterocycles. The van der Waals surface area contributed by atoms with Crippen LogP contribution in [0.15, 0.2) is 42.7 Å². The number of piperidine rings is 1. The molecule has 2 aromatic rings. The van der Waals surface area contributed by atoms with Crippen molar-refractivity contribution in [1.29, 1.82) is 0 Å². The second kappa shape index (κ2) is 8.19. The van der Waals surface area contributed by atoms with Crippen molar-refractivity contribution < 1.29 is 9.53 Å². The second-order valence-corrected chi connectivity index (χ2v) is 7.02. The van der Waals surface area contributed by atoms with Crippen LogP contribution in [0.2, 0.25) is 0 Å². The summed E-state index contributed by atoms with van der Waals surface area (Å²) >= 11 is 0. The van der Waals surface area contributed by atoms with Gasteiger partial charge in [-0.2, -0.15) is 0 Å². The van der Waals surface area contributed by atoms with E-state index in [0.717, 1.165) is 44.0 Å². The van der Waals surface area contributed by atoms with Crippen molar-refractivity contribution in [2.45, 2.75) is 39.2 Å². The number of rotatable bonds is 6. The summed E-state index contributed by atoms with van der Waals surface area (Å²) < 4.78 is 7.84. The maximum Gasteiger partial charge on any atom is 0.260 e. The topological polar surface area (TPSA) is 47.4 Å². The molecule has 0 unspecified atom stereocenters. The summed E-state index contributed by atoms with van der Waals surface area (Å²) in [5.41, 5.74) is 0. The van der Waals surface area contributed by atoms with Crippen LogP contribution in [0.1, 0.15) is 38.4 Å². The Labute approximate surface area is 149 Å². The summed E-state index contributed by atoms with van der Waals surface area (Å²) in [6.07, 6.45) is 6.02. The van der Waals surface area contributed by atoms with Crippen LogP contribution in [-0.4, -0.2) is 40.1 Å². The third-order valence-electron chi connectivity index (χ3n) is 4.79. The van der Waals surface area contributed by atoms with Crippen LogP contribution < -0.4 is 4.74 Å². The lowest BCUT2D eigenvalue weighted by atomic mass is 9.96. The highest BCUT2D eigenvalue weighted by Crippen LogP contribution is 2.22. The Hall–Kier alpha value is -2.30. The standard InChI is InChI=1S/C20H27N3O2/c1-16(2)20-21-10-13-23(20)14-17-8-11-22(12-9-17)19(24)15-25-18-6-4-3-5-7-18/h3-7,10,13,16-17H,8-9,11-12,14-15H2,1-2H3. The zero-order valence-corrected chi connectivity index (χ0v) is 15.1. The Kier molecular flexibility index (Phi) is 5.74. The van der Waals surface area contributed by atoms with Gasteiger partial charge in [0.2, 0.25) is 0 Å². The third kappa shape index (κ3) is 4.62. The molecule has 2 heterocycles. The first kappa shape index (κ1) is 17.5. The molecule has 1 aromatic heterocycles. The maximum absolute atomic E-state index is 12.3. The highest BCUT2D eigenvalue weighted by atomic mass is 16.5. The fourth-order valence-corrected chi connectivity index (χ4v) is 3.37. The molecule has 0 aliphatic carbocycles. The molecule has 0 bridgehead atoms. The van der Waals surface area contributed by atoms with Crippen LogP contribution in [0.3, 0.4) is 0 Å². The van der Waals surface area contributed by atoms with Gasteiger partial charge in [0.15, 0.2) is 6.61 Å². The van der Waals surface area contributed by atoms with Crippen LogP contribution in [0, 0.1) is 5.92 Å². The van der Waals surface area contributed by atoms with Gasteiger partial charge in [-0.15, -0.1) is 0 Å². The average molecular weight is 341 g/mol. The number of aromatic nitrogens is 2. The van der Waals surface area contributed by atoms with Crippen LogP contribution in [0.5, 0.6) is 5.75 Å². The predicted octanol–water partition coefficient (Wildman–Crippen LogP) is 3.32. The molecule has 1 aromatic carbocycles. The van der Waals surface area contributed by atoms with Crippen molar-refractivity contribution in [3.63, 3.8) is 0 Å². The van der Waals surface area contributed by atoms with E-state index >= 15 is 0 Å². The van der Waals surface area contributed by atoms with E-state index in [1.807, 2.05) is 41.4 Å². The number of hydrogen-bond acceptors (Lipinski definition) is 3. The molecule has 5 heteroatoms. The normalized spacial score (nSPS) is 15.6. The Morgan fingerprint density at radius 2 is 1.96 bits per heavy atom. The molecule has 3 rings (SSSR count). The van der Waals surface area contributed by atoms with Gasteiger partial charge in [0.1, 0.15) is 11.6 Å². The van der Waals surface area contributed by atoms with E-state index in [1.165, 1.54) is 0 Å². The Morgan fingerprint density at radius 3 is 2.64 bits per heavy atom. The van der Waals surface area contributed by atoms with Gasteiger partial charge in [0.25, 0.3) is 5.91 Å². The molecule has 0 radical (unpaired) electrons. The molecule has 1 fully saturated rings. The molecule has 5 nitrogen and oxygen atoms in total. The van der Waals surface area contributed by atoms with Crippen LogP contribution in [0.25, 0.3) is 0 Å². The molecule has 1 saturated heterocycles. The van der Waals surface area contributed by atoms with Gasteiger partial charge < -0.3 is 14.2 Å². The van der Waals surface area contributed by atoms with Crippen LogP contribution in [0.4, 0.5) is 0 Å². The first-order valence-electron chi connectivity index (χ1n) is 9.10. The third-order valence-corrected chi connectivity index (χ3v) is 4.79. The minimum atomic E-state index is 0.0767. The van der Waals surface area contributed by atoms with Crippen molar-refractivity contribution >= 4 is 5.91 Å². The van der Waals surface area contributed by atoms with Crippen molar-refractivity contribution in [2.24, 2.45) is 5.92 Å². The molecule has 134 valence electrons. The van der Waals surface area contributed by atoms with Gasteiger partial charge in [-0.3, -0.25) is 4.79 Å². The van der Waals surface area contributed by atoms with Crippen LogP contribution in [-0.2, 0) is 11.3 Å². The average Bonchev–Trinajstić information content (AvgIpc) is 3.09. The largest absolute Gasteiger partial charge is 0.484 e. The van der Waals surface area contributed by atoms with Crippen molar-refractivity contribution in [2.75, 3.05) is 19.7 Å². The highest BCUT2D eigenvalue weighted by molar-refractivity contribution is 5.77. The van der Waals surface area contributed by atoms with E-state index in [4.69, 9.17) is 4.74 Å². The number of carbonyl (C=O) groups is 1. The zero-order chi connectivity index (χ0) is 17.6. The number of imidazole rings is 1. The molecule has 1 aliphatic rings. The van der Waals surface area contributed by atoms with Gasteiger partial charge in [-0.1, -0.05) is 32.0 Å². The quantitative estimate of drug-likeness (QED) is 0.810. The Morgan fingerprint density at radius 1 is 1.24 bits per heavy atom. The molecular formula is C20H27N3O2. The van der Waals surface area contributed by atoms with Gasteiger partial charge in [-0.25, -0.2) is 4.98 Å². The first-order valence-corrected chi connectivity index (χ1v) is 9.10. The lowest BCUT2D eigenvalue weighted by molar-refractivity contribution is -0.134. The minimum Gasteiger partial charge on any atom is -0.484 e. The summed E-state index contributed by atoms with van der Waals surface area (Å²) in [5.74, 6) is 3.01. The van der Waals surface area contributed by atoms with Crippen LogP contribution >= 0.6 is 0 Å². The maximum atomic E-state index is 12.3. The Bertz CT molecular complexity index is 673. The smallest absolute Gasteiger partial charge is 0.260 e. The summed E-state index contributed by atoms with van der Waals surface area (Å²) in [4.78, 5) is 18.7. The van der Waals surface area contributed by atoms with Gasteiger partial charge in [0.05, 0.1) is 0 Å². The lowest BCUT2D eigenvalue weighted by Gasteiger charge is -2.32. The summed E-state index contributed by atoms with van der Waals surface area (Å²) in [6, 6.07) is 9.50. The monoisotopic (exact) mass is 341 g/mol. The first-order chi connectivity index (χ1) is 12.1. The number of carbonyl (C=O) groups excluding carboxylic acids is 1. The molecular weight excluding hydrogens is 314 g/mol. The number of amides is 1. The second-order valence-electron chi connectivity index (χ2n) is 7.02. The number of benzene rings is 1. The zero-order valence-electron chi connectivity index (χ0n) is 15.1. The van der Waals surface area contributed by atoms with Crippen molar-refractivity contribution in [3.8, 4) is 5.75 Å². The molecule has 0 N–H and O–H groups in total. The van der Waals surface area contributed by atoms with E-state index in [0.29, 0.717) is 11.8 Å². The lowest BCUT2D eigenvalue weighted by Crippen LogP contribution is -2.41. The van der Waals surface area contributed by atoms with Gasteiger partial charge >= 0.3 is 0 Å². The molecule has 0 atom stereocenters. The van der Waals surface area contributed by atoms with E-state index in [1.54, 1.807) is 0 Å². The summed E-state index contributed by atoms with van der Waals surface area (Å²) in [5, 5.41) is 0. The Balaban J connectivity index is 1.45. The fourth-order valence-electron chi connectivity index (χ4n) is 3.37. The van der Waals surface area contributed by atoms with E-state index in [-0.39, 0.29) is 12.5 Å². The predicted molar refractivity (Wildman–Crippen MR) is 97.6 cm³/mol. The van der Waals surface area contributed by atoms with E-state index in [9.17, 15) is 4.79 Å². The molecule has 0 spiro atoms. The number of hydrogen-bond donors (Lipinski definition) is 0. The van der Waals surface area contributed by atoms with Gasteiger partial charge in [-0.05, 0) is 30.9 Å². The number of nitrogens with zero attached hydrogens (tertiary/aromatic N) is 3. The van der Waals surface area contributed by atoms with E-state index in [2.05, 4.69) is 29.6 Å². The fraction of sp³-hybridized carbons (Fsp3) is 0.500. The highest BCUT2D eigenvalue weighted by Gasteiger charge is 2.24. The van der Waals surface area contributed by atoms with Crippen molar-refractivity contribution in [3.05, 3.63) is 48.5 Å². The summed E-state index contributed by atoms with van der Waals surface area (Å²) in [6.45, 7) is 7.09. The minimum absolute atomic E-state index is 0.0767. The number of para-hydroxylation sites is 1. The van der Waals surface area contributed by atoms with Gasteiger partial charge in [0, 0.05) is 37.9 Å². The molecule has 1 amide bonds. The number of ether oxygens (including phenoxy) is 1. The van der Waals surface area contributed by atoms with E-state index < -0.39 is 0 Å². The number of likely N-dealkylation sites (tertiary alicyclic amines) is 1.